The first kappa shape index (κ1) is 17.5. The van der Waals surface area contributed by atoms with Gasteiger partial charge in [0, 0.05) is 45.7 Å². The van der Waals surface area contributed by atoms with Crippen LogP contribution in [0.4, 0.5) is 0 Å². The number of rotatable bonds is 4. The van der Waals surface area contributed by atoms with Crippen LogP contribution in [0.3, 0.4) is 0 Å². The van der Waals surface area contributed by atoms with Crippen molar-refractivity contribution in [3.63, 3.8) is 0 Å². The molecule has 0 radical (unpaired) electrons. The Bertz CT molecular complexity index is 754. The van der Waals surface area contributed by atoms with E-state index in [1.807, 2.05) is 41.9 Å². The van der Waals surface area contributed by atoms with E-state index in [0.29, 0.717) is 31.9 Å². The van der Waals surface area contributed by atoms with Crippen molar-refractivity contribution in [3.05, 3.63) is 30.3 Å². The molecule has 2 amide bonds. The van der Waals surface area contributed by atoms with E-state index < -0.39 is 0 Å². The average Bonchev–Trinajstić information content (AvgIpc) is 3.01. The molecule has 1 fully saturated rings. The lowest BCUT2D eigenvalue weighted by Crippen LogP contribution is -2.50. The molecule has 0 unspecified atom stereocenters. The summed E-state index contributed by atoms with van der Waals surface area (Å²) >= 11 is 1.39. The van der Waals surface area contributed by atoms with Gasteiger partial charge in [-0.15, -0.1) is 10.2 Å². The van der Waals surface area contributed by atoms with Gasteiger partial charge in [-0.05, 0) is 0 Å². The summed E-state index contributed by atoms with van der Waals surface area (Å²) in [5, 5.41) is 9.14. The van der Waals surface area contributed by atoms with Crippen molar-refractivity contribution < 1.29 is 9.59 Å². The molecule has 3 rings (SSSR count). The van der Waals surface area contributed by atoms with E-state index in [4.69, 9.17) is 0 Å². The number of benzene rings is 1. The summed E-state index contributed by atoms with van der Waals surface area (Å²) in [6, 6.07) is 9.85. The van der Waals surface area contributed by atoms with Gasteiger partial charge >= 0.3 is 0 Å². The Morgan fingerprint density at radius 3 is 2.32 bits per heavy atom. The summed E-state index contributed by atoms with van der Waals surface area (Å²) in [6.45, 7) is 3.95. The molecule has 1 aliphatic rings. The minimum absolute atomic E-state index is 0.0639. The fourth-order valence-electron chi connectivity index (χ4n) is 2.77. The highest BCUT2D eigenvalue weighted by Crippen LogP contribution is 2.22. The number of hydrogen-bond donors (Lipinski definition) is 0. The highest BCUT2D eigenvalue weighted by Gasteiger charge is 2.23. The van der Waals surface area contributed by atoms with E-state index in [0.717, 1.165) is 16.5 Å². The Kier molecular flexibility index (Phi) is 5.37. The van der Waals surface area contributed by atoms with Gasteiger partial charge in [0.05, 0.1) is 5.75 Å². The number of hydrogen-bond acceptors (Lipinski definition) is 5. The van der Waals surface area contributed by atoms with E-state index >= 15 is 0 Å². The SMILES string of the molecule is CC(=O)N1CCN(C(=O)CSc2nnc(-c3ccccc3)n2C)CC1. The van der Waals surface area contributed by atoms with Crippen molar-refractivity contribution in [1.29, 1.82) is 0 Å². The molecule has 1 aromatic carbocycles. The maximum absolute atomic E-state index is 12.4. The summed E-state index contributed by atoms with van der Waals surface area (Å²) in [7, 11) is 1.90. The van der Waals surface area contributed by atoms with Gasteiger partial charge in [0.1, 0.15) is 0 Å². The zero-order valence-electron chi connectivity index (χ0n) is 14.4. The highest BCUT2D eigenvalue weighted by atomic mass is 32.2. The summed E-state index contributed by atoms with van der Waals surface area (Å²) in [6.07, 6.45) is 0. The van der Waals surface area contributed by atoms with Crippen LogP contribution in [0.1, 0.15) is 6.92 Å². The number of thioether (sulfide) groups is 1. The number of nitrogens with zero attached hydrogens (tertiary/aromatic N) is 5. The molecule has 2 aromatic rings. The first-order valence-electron chi connectivity index (χ1n) is 8.17. The Hall–Kier alpha value is -2.35. The van der Waals surface area contributed by atoms with E-state index in [2.05, 4.69) is 10.2 Å². The van der Waals surface area contributed by atoms with Crippen LogP contribution in [0, 0.1) is 0 Å². The van der Waals surface area contributed by atoms with E-state index in [1.165, 1.54) is 11.8 Å². The van der Waals surface area contributed by atoms with Gasteiger partial charge < -0.3 is 14.4 Å². The molecule has 1 saturated heterocycles. The third kappa shape index (κ3) is 4.01. The molecule has 1 aromatic heterocycles. The molecule has 25 heavy (non-hydrogen) atoms. The highest BCUT2D eigenvalue weighted by molar-refractivity contribution is 7.99. The van der Waals surface area contributed by atoms with Crippen LogP contribution in [0.15, 0.2) is 35.5 Å². The molecule has 8 heteroatoms. The lowest BCUT2D eigenvalue weighted by Gasteiger charge is -2.34. The second kappa shape index (κ2) is 7.69. The Balaban J connectivity index is 1.57. The van der Waals surface area contributed by atoms with E-state index in [9.17, 15) is 9.59 Å². The van der Waals surface area contributed by atoms with Crippen LogP contribution in [-0.4, -0.2) is 68.3 Å². The van der Waals surface area contributed by atoms with Crippen molar-refractivity contribution in [2.24, 2.45) is 7.05 Å². The van der Waals surface area contributed by atoms with Crippen LogP contribution < -0.4 is 0 Å². The molecule has 7 nitrogen and oxygen atoms in total. The van der Waals surface area contributed by atoms with Gasteiger partial charge in [-0.1, -0.05) is 42.1 Å². The van der Waals surface area contributed by atoms with Gasteiger partial charge in [-0.25, -0.2) is 0 Å². The van der Waals surface area contributed by atoms with Gasteiger partial charge in [0.25, 0.3) is 0 Å². The Labute approximate surface area is 151 Å². The number of aromatic nitrogens is 3. The predicted molar refractivity (Wildman–Crippen MR) is 96.0 cm³/mol. The molecule has 0 atom stereocenters. The maximum Gasteiger partial charge on any atom is 0.233 e. The van der Waals surface area contributed by atoms with Crippen molar-refractivity contribution in [2.45, 2.75) is 12.1 Å². The third-order valence-electron chi connectivity index (χ3n) is 4.27. The van der Waals surface area contributed by atoms with Gasteiger partial charge in [-0.2, -0.15) is 0 Å². The molecule has 1 aliphatic heterocycles. The Morgan fingerprint density at radius 2 is 1.68 bits per heavy atom. The van der Waals surface area contributed by atoms with Crippen LogP contribution in [0.25, 0.3) is 11.4 Å². The predicted octanol–water partition coefficient (Wildman–Crippen LogP) is 1.26. The summed E-state index contributed by atoms with van der Waals surface area (Å²) in [4.78, 5) is 27.3. The van der Waals surface area contributed by atoms with Crippen LogP contribution in [0.5, 0.6) is 0 Å². The summed E-state index contributed by atoms with van der Waals surface area (Å²) in [5.74, 6) is 1.23. The minimum atomic E-state index is 0.0639. The average molecular weight is 359 g/mol. The first-order valence-corrected chi connectivity index (χ1v) is 9.15. The van der Waals surface area contributed by atoms with Crippen molar-refractivity contribution in [1.82, 2.24) is 24.6 Å². The van der Waals surface area contributed by atoms with Crippen molar-refractivity contribution in [2.75, 3.05) is 31.9 Å². The smallest absolute Gasteiger partial charge is 0.233 e. The lowest BCUT2D eigenvalue weighted by molar-refractivity contribution is -0.136. The summed E-state index contributed by atoms with van der Waals surface area (Å²) in [5.41, 5.74) is 0.996. The van der Waals surface area contributed by atoms with Gasteiger partial charge in [-0.3, -0.25) is 9.59 Å². The molecule has 2 heterocycles. The van der Waals surface area contributed by atoms with Crippen LogP contribution in [-0.2, 0) is 16.6 Å². The van der Waals surface area contributed by atoms with Gasteiger partial charge in [0.15, 0.2) is 11.0 Å². The molecule has 0 saturated carbocycles. The van der Waals surface area contributed by atoms with Crippen LogP contribution in [0.2, 0.25) is 0 Å². The number of carbonyl (C=O) groups excluding carboxylic acids is 2. The van der Waals surface area contributed by atoms with E-state index in [1.54, 1.807) is 16.7 Å². The van der Waals surface area contributed by atoms with Gasteiger partial charge in [0.2, 0.25) is 11.8 Å². The Morgan fingerprint density at radius 1 is 1.04 bits per heavy atom. The first-order chi connectivity index (χ1) is 12.1. The fraction of sp³-hybridized carbons (Fsp3) is 0.412. The topological polar surface area (TPSA) is 71.3 Å². The van der Waals surface area contributed by atoms with E-state index in [-0.39, 0.29) is 11.8 Å². The molecule has 132 valence electrons. The standard InChI is InChI=1S/C17H21N5O2S/c1-13(23)21-8-10-22(11-9-21)15(24)12-25-17-19-18-16(20(17)2)14-6-4-3-5-7-14/h3-7H,8-12H2,1-2H3. The number of carbonyl (C=O) groups is 2. The monoisotopic (exact) mass is 359 g/mol. The molecule has 0 spiro atoms. The molecular formula is C17H21N5O2S. The van der Waals surface area contributed by atoms with Crippen molar-refractivity contribution >= 4 is 23.6 Å². The molecule has 0 N–H and O–H groups in total. The zero-order valence-corrected chi connectivity index (χ0v) is 15.2. The third-order valence-corrected chi connectivity index (χ3v) is 5.27. The molecule has 0 bridgehead atoms. The van der Waals surface area contributed by atoms with Crippen molar-refractivity contribution in [3.8, 4) is 11.4 Å². The fourth-order valence-corrected chi connectivity index (χ4v) is 3.58. The minimum Gasteiger partial charge on any atom is -0.339 e. The molecule has 0 aliphatic carbocycles. The normalized spacial score (nSPS) is 14.6. The van der Waals surface area contributed by atoms with Crippen LogP contribution >= 0.6 is 11.8 Å². The maximum atomic E-state index is 12.4. The number of piperazine rings is 1. The second-order valence-corrected chi connectivity index (χ2v) is 6.85. The lowest BCUT2D eigenvalue weighted by atomic mass is 10.2. The zero-order chi connectivity index (χ0) is 17.8. The second-order valence-electron chi connectivity index (χ2n) is 5.91. The quantitative estimate of drug-likeness (QED) is 0.769. The number of amides is 2. The summed E-state index contributed by atoms with van der Waals surface area (Å²) < 4.78 is 1.90. The largest absolute Gasteiger partial charge is 0.339 e. The molecular weight excluding hydrogens is 338 g/mol.